The average Bonchev–Trinajstić information content (AvgIpc) is 2.56. The molecule has 1 aliphatic rings. The van der Waals surface area contributed by atoms with E-state index in [0.29, 0.717) is 32.0 Å². The van der Waals surface area contributed by atoms with E-state index in [1.807, 2.05) is 27.7 Å². The van der Waals surface area contributed by atoms with Crippen LogP contribution in [-0.4, -0.2) is 53.6 Å². The number of carboxylic acids is 1. The fraction of sp³-hybridized carbons (Fsp3) is 0.833. The second kappa shape index (κ2) is 10.3. The van der Waals surface area contributed by atoms with E-state index in [2.05, 4.69) is 10.6 Å². The molecule has 1 saturated heterocycles. The molecule has 3 atom stereocenters. The molecule has 3 amide bonds. The number of carboxylic acid groups (broad SMARTS) is 1. The zero-order valence-electron chi connectivity index (χ0n) is 15.9. The molecule has 0 bridgehead atoms. The van der Waals surface area contributed by atoms with Crippen LogP contribution in [0.3, 0.4) is 0 Å². The van der Waals surface area contributed by atoms with Gasteiger partial charge in [0, 0.05) is 26.1 Å². The molecule has 1 rings (SSSR count). The first kappa shape index (κ1) is 21.3. The van der Waals surface area contributed by atoms with E-state index >= 15 is 0 Å². The number of nitrogens with zero attached hydrogens (tertiary/aromatic N) is 1. The molecule has 0 spiro atoms. The van der Waals surface area contributed by atoms with Gasteiger partial charge in [0.15, 0.2) is 0 Å². The lowest BCUT2D eigenvalue weighted by molar-refractivity contribution is -0.143. The second-order valence-corrected chi connectivity index (χ2v) is 7.51. The van der Waals surface area contributed by atoms with Gasteiger partial charge in [-0.3, -0.25) is 4.79 Å². The van der Waals surface area contributed by atoms with E-state index in [4.69, 9.17) is 0 Å². The van der Waals surface area contributed by atoms with Gasteiger partial charge in [0.25, 0.3) is 0 Å². The zero-order valence-corrected chi connectivity index (χ0v) is 15.9. The molecule has 1 aliphatic heterocycles. The Morgan fingerprint density at radius 3 is 2.48 bits per heavy atom. The molecule has 0 radical (unpaired) electrons. The Kier molecular flexibility index (Phi) is 8.72. The lowest BCUT2D eigenvalue weighted by atomic mass is 9.93. The van der Waals surface area contributed by atoms with Gasteiger partial charge >= 0.3 is 12.0 Å². The van der Waals surface area contributed by atoms with E-state index in [9.17, 15) is 19.5 Å². The number of likely N-dealkylation sites (tertiary alicyclic amines) is 1. The van der Waals surface area contributed by atoms with Crippen molar-refractivity contribution in [1.82, 2.24) is 15.5 Å². The quantitative estimate of drug-likeness (QED) is 0.621. The largest absolute Gasteiger partial charge is 0.480 e. The van der Waals surface area contributed by atoms with Crippen molar-refractivity contribution in [2.24, 2.45) is 17.8 Å². The Balaban J connectivity index is 2.51. The number of rotatable bonds is 8. The smallest absolute Gasteiger partial charge is 0.326 e. The molecule has 3 N–H and O–H groups in total. The number of urea groups is 1. The Hall–Kier alpha value is -1.79. The third-order valence-electron chi connectivity index (χ3n) is 4.74. The Morgan fingerprint density at radius 1 is 1.24 bits per heavy atom. The van der Waals surface area contributed by atoms with Gasteiger partial charge in [-0.1, -0.05) is 34.1 Å². The van der Waals surface area contributed by atoms with E-state index < -0.39 is 12.0 Å². The summed E-state index contributed by atoms with van der Waals surface area (Å²) >= 11 is 0. The highest BCUT2D eigenvalue weighted by atomic mass is 16.4. The van der Waals surface area contributed by atoms with Gasteiger partial charge < -0.3 is 20.6 Å². The van der Waals surface area contributed by atoms with Crippen molar-refractivity contribution in [3.63, 3.8) is 0 Å². The summed E-state index contributed by atoms with van der Waals surface area (Å²) in [6.45, 7) is 9.68. The van der Waals surface area contributed by atoms with Crippen LogP contribution < -0.4 is 10.6 Å². The van der Waals surface area contributed by atoms with Crippen LogP contribution in [-0.2, 0) is 9.59 Å². The minimum atomic E-state index is -0.999. The summed E-state index contributed by atoms with van der Waals surface area (Å²) in [6, 6.07) is -0.937. The predicted molar refractivity (Wildman–Crippen MR) is 96.2 cm³/mol. The van der Waals surface area contributed by atoms with Crippen molar-refractivity contribution in [1.29, 1.82) is 0 Å². The van der Waals surface area contributed by atoms with Gasteiger partial charge in [0.05, 0.1) is 0 Å². The normalized spacial score (nSPS) is 20.0. The van der Waals surface area contributed by atoms with Crippen molar-refractivity contribution in [2.75, 3.05) is 19.6 Å². The number of carbonyl (C=O) groups excluding carboxylic acids is 2. The standard InChI is InChI=1S/C18H33N3O4/c1-5-13(4)16(17(23)24)20-15(22)9-14-7-6-8-21(11-14)18(25)19-10-12(2)3/h12-14,16H,5-11H2,1-4H3,(H,19,25)(H,20,22)(H,23,24)/t13-,14?,16-/m0/s1. The number of amides is 3. The van der Waals surface area contributed by atoms with Crippen LogP contribution in [0.5, 0.6) is 0 Å². The van der Waals surface area contributed by atoms with Crippen molar-refractivity contribution in [2.45, 2.75) is 59.4 Å². The van der Waals surface area contributed by atoms with E-state index in [0.717, 1.165) is 12.8 Å². The molecule has 1 heterocycles. The van der Waals surface area contributed by atoms with Crippen molar-refractivity contribution in [3.8, 4) is 0 Å². The Bertz CT molecular complexity index is 467. The molecule has 0 saturated carbocycles. The molecule has 0 aromatic heterocycles. The Morgan fingerprint density at radius 2 is 1.92 bits per heavy atom. The molecule has 1 fully saturated rings. The zero-order chi connectivity index (χ0) is 19.0. The molecule has 7 heteroatoms. The molecular formula is C18H33N3O4. The van der Waals surface area contributed by atoms with Gasteiger partial charge in [-0.05, 0) is 30.6 Å². The van der Waals surface area contributed by atoms with Crippen LogP contribution in [0.25, 0.3) is 0 Å². The summed E-state index contributed by atoms with van der Waals surface area (Å²) in [5.74, 6) is -0.900. The number of hydrogen-bond acceptors (Lipinski definition) is 3. The third kappa shape index (κ3) is 7.32. The third-order valence-corrected chi connectivity index (χ3v) is 4.74. The summed E-state index contributed by atoms with van der Waals surface area (Å²) in [4.78, 5) is 37.5. The van der Waals surface area contributed by atoms with Gasteiger partial charge in [0.2, 0.25) is 5.91 Å². The van der Waals surface area contributed by atoms with Crippen LogP contribution in [0.2, 0.25) is 0 Å². The van der Waals surface area contributed by atoms with E-state index in [1.165, 1.54) is 0 Å². The highest BCUT2D eigenvalue weighted by Crippen LogP contribution is 2.20. The summed E-state index contributed by atoms with van der Waals surface area (Å²) in [7, 11) is 0. The van der Waals surface area contributed by atoms with Crippen LogP contribution in [0.15, 0.2) is 0 Å². The maximum absolute atomic E-state index is 12.2. The van der Waals surface area contributed by atoms with E-state index in [-0.39, 0.29) is 30.2 Å². The minimum absolute atomic E-state index is 0.0740. The Labute approximate surface area is 150 Å². The van der Waals surface area contributed by atoms with Gasteiger partial charge in [-0.15, -0.1) is 0 Å². The number of nitrogens with one attached hydrogen (secondary N) is 2. The predicted octanol–water partition coefficient (Wildman–Crippen LogP) is 2.07. The van der Waals surface area contributed by atoms with Crippen LogP contribution in [0, 0.1) is 17.8 Å². The number of piperidine rings is 1. The summed E-state index contributed by atoms with van der Waals surface area (Å²) in [5.41, 5.74) is 0. The van der Waals surface area contributed by atoms with Gasteiger partial charge in [0.1, 0.15) is 6.04 Å². The lowest BCUT2D eigenvalue weighted by Crippen LogP contribution is -2.48. The lowest BCUT2D eigenvalue weighted by Gasteiger charge is -2.33. The maximum atomic E-state index is 12.2. The molecule has 0 aliphatic carbocycles. The van der Waals surface area contributed by atoms with E-state index in [1.54, 1.807) is 4.90 Å². The maximum Gasteiger partial charge on any atom is 0.326 e. The van der Waals surface area contributed by atoms with Crippen LogP contribution in [0.1, 0.15) is 53.4 Å². The summed E-state index contributed by atoms with van der Waals surface area (Å²) < 4.78 is 0. The second-order valence-electron chi connectivity index (χ2n) is 7.51. The molecule has 0 aromatic carbocycles. The first-order valence-electron chi connectivity index (χ1n) is 9.29. The molecule has 1 unspecified atom stereocenters. The van der Waals surface area contributed by atoms with Crippen LogP contribution in [0.4, 0.5) is 4.79 Å². The SMILES string of the molecule is CC[C@H](C)[C@H](NC(=O)CC1CCCN(C(=O)NCC(C)C)C1)C(=O)O. The van der Waals surface area contributed by atoms with Crippen molar-refractivity contribution >= 4 is 17.9 Å². The molecule has 144 valence electrons. The van der Waals surface area contributed by atoms with Crippen LogP contribution >= 0.6 is 0 Å². The number of carbonyl (C=O) groups is 3. The van der Waals surface area contributed by atoms with Crippen molar-refractivity contribution in [3.05, 3.63) is 0 Å². The molecular weight excluding hydrogens is 322 g/mol. The summed E-state index contributed by atoms with van der Waals surface area (Å²) in [6.07, 6.45) is 2.68. The highest BCUT2D eigenvalue weighted by Gasteiger charge is 2.29. The number of hydrogen-bond donors (Lipinski definition) is 3. The molecule has 25 heavy (non-hydrogen) atoms. The molecule has 0 aromatic rings. The van der Waals surface area contributed by atoms with Crippen molar-refractivity contribution < 1.29 is 19.5 Å². The minimum Gasteiger partial charge on any atom is -0.480 e. The highest BCUT2D eigenvalue weighted by molar-refractivity contribution is 5.84. The fourth-order valence-corrected chi connectivity index (χ4v) is 3.00. The topological polar surface area (TPSA) is 98.7 Å². The molecule has 7 nitrogen and oxygen atoms in total. The summed E-state index contributed by atoms with van der Waals surface area (Å²) in [5, 5.41) is 14.8. The number of aliphatic carboxylic acids is 1. The first-order valence-corrected chi connectivity index (χ1v) is 9.29. The fourth-order valence-electron chi connectivity index (χ4n) is 3.00. The monoisotopic (exact) mass is 355 g/mol. The first-order chi connectivity index (χ1) is 11.7. The average molecular weight is 355 g/mol. The van der Waals surface area contributed by atoms with Gasteiger partial charge in [-0.25, -0.2) is 9.59 Å². The van der Waals surface area contributed by atoms with Gasteiger partial charge in [-0.2, -0.15) is 0 Å².